The van der Waals surface area contributed by atoms with E-state index >= 15 is 0 Å². The van der Waals surface area contributed by atoms with Crippen molar-refractivity contribution >= 4 is 27.2 Å². The molecule has 17 heavy (non-hydrogen) atoms. The fraction of sp³-hybridized carbons (Fsp3) is 0. The minimum absolute atomic E-state index is 0.153. The second kappa shape index (κ2) is 3.28. The van der Waals surface area contributed by atoms with Crippen molar-refractivity contribution in [2.45, 2.75) is 0 Å². The summed E-state index contributed by atoms with van der Waals surface area (Å²) in [4.78, 5) is 0. The highest BCUT2D eigenvalue weighted by molar-refractivity contribution is 6.11. The van der Waals surface area contributed by atoms with Crippen LogP contribution < -0.4 is 5.73 Å². The van der Waals surface area contributed by atoms with Crippen LogP contribution in [0.5, 0.6) is 11.5 Å². The Morgan fingerprint density at radius 2 is 1.24 bits per heavy atom. The summed E-state index contributed by atoms with van der Waals surface area (Å²) >= 11 is 0. The molecule has 3 aromatic rings. The molecule has 0 fully saturated rings. The molecule has 3 rings (SSSR count). The second-order valence-corrected chi connectivity index (χ2v) is 4.05. The van der Waals surface area contributed by atoms with Gasteiger partial charge in [-0.05, 0) is 18.2 Å². The molecule has 4 N–H and O–H groups in total. The summed E-state index contributed by atoms with van der Waals surface area (Å²) in [5, 5.41) is 22.8. The van der Waals surface area contributed by atoms with Crippen LogP contribution in [0.1, 0.15) is 0 Å². The van der Waals surface area contributed by atoms with Crippen LogP contribution in [0.2, 0.25) is 0 Å². The largest absolute Gasteiger partial charge is 0.507 e. The van der Waals surface area contributed by atoms with Crippen molar-refractivity contribution in [3.63, 3.8) is 0 Å². The topological polar surface area (TPSA) is 66.5 Å². The van der Waals surface area contributed by atoms with Crippen LogP contribution in [0.15, 0.2) is 42.5 Å². The number of nitrogen functional groups attached to an aromatic ring is 1. The summed E-state index contributed by atoms with van der Waals surface area (Å²) in [5.74, 6) is 0.328. The van der Waals surface area contributed by atoms with Crippen molar-refractivity contribution in [1.82, 2.24) is 0 Å². The predicted octanol–water partition coefficient (Wildman–Crippen LogP) is 2.99. The number of aromatic hydroxyl groups is 2. The standard InChI is InChI=1S/C14H11NO2/c15-8-5-6-11-12(7-8)14(17)10-4-2-1-3-9(10)13(11)16/h1-7,16-17H,15H2. The quantitative estimate of drug-likeness (QED) is 0.313. The van der Waals surface area contributed by atoms with E-state index in [-0.39, 0.29) is 11.5 Å². The first-order chi connectivity index (χ1) is 8.18. The fourth-order valence-corrected chi connectivity index (χ4v) is 2.15. The summed E-state index contributed by atoms with van der Waals surface area (Å²) in [5.41, 5.74) is 6.25. The third-order valence-electron chi connectivity index (χ3n) is 2.99. The highest BCUT2D eigenvalue weighted by Gasteiger charge is 2.11. The monoisotopic (exact) mass is 225 g/mol. The lowest BCUT2D eigenvalue weighted by molar-refractivity contribution is 0.478. The summed E-state index contributed by atoms with van der Waals surface area (Å²) in [6, 6.07) is 12.3. The molecule has 0 radical (unpaired) electrons. The minimum atomic E-state index is 0.153. The Morgan fingerprint density at radius 3 is 1.88 bits per heavy atom. The van der Waals surface area contributed by atoms with Gasteiger partial charge >= 0.3 is 0 Å². The Balaban J connectivity index is 2.63. The van der Waals surface area contributed by atoms with Crippen molar-refractivity contribution < 1.29 is 10.2 Å². The number of fused-ring (bicyclic) bond motifs is 2. The van der Waals surface area contributed by atoms with E-state index in [1.807, 2.05) is 12.1 Å². The van der Waals surface area contributed by atoms with Gasteiger partial charge in [0.2, 0.25) is 0 Å². The van der Waals surface area contributed by atoms with E-state index in [0.29, 0.717) is 27.2 Å². The number of anilines is 1. The minimum Gasteiger partial charge on any atom is -0.507 e. The molecule has 3 aromatic carbocycles. The molecule has 0 aromatic heterocycles. The van der Waals surface area contributed by atoms with Crippen LogP contribution in [0.3, 0.4) is 0 Å². The smallest absolute Gasteiger partial charge is 0.131 e. The second-order valence-electron chi connectivity index (χ2n) is 4.05. The van der Waals surface area contributed by atoms with E-state index in [1.165, 1.54) is 0 Å². The normalized spacial score (nSPS) is 11.1. The number of nitrogens with two attached hydrogens (primary N) is 1. The molecule has 0 saturated carbocycles. The van der Waals surface area contributed by atoms with E-state index in [9.17, 15) is 10.2 Å². The number of hydrogen-bond donors (Lipinski definition) is 3. The zero-order valence-electron chi connectivity index (χ0n) is 9.01. The zero-order chi connectivity index (χ0) is 12.0. The van der Waals surface area contributed by atoms with Crippen molar-refractivity contribution in [2.75, 3.05) is 5.73 Å². The van der Waals surface area contributed by atoms with E-state index in [0.717, 1.165) is 0 Å². The number of benzene rings is 3. The maximum absolute atomic E-state index is 10.2. The molecule has 0 bridgehead atoms. The lowest BCUT2D eigenvalue weighted by Crippen LogP contribution is -1.86. The van der Waals surface area contributed by atoms with Crippen LogP contribution in [0.25, 0.3) is 21.5 Å². The summed E-state index contributed by atoms with van der Waals surface area (Å²) < 4.78 is 0. The Morgan fingerprint density at radius 1 is 0.706 bits per heavy atom. The van der Waals surface area contributed by atoms with Gasteiger partial charge in [-0.15, -0.1) is 0 Å². The van der Waals surface area contributed by atoms with Crippen molar-refractivity contribution in [3.05, 3.63) is 42.5 Å². The fourth-order valence-electron chi connectivity index (χ4n) is 2.15. The molecule has 0 aliphatic carbocycles. The van der Waals surface area contributed by atoms with Gasteiger partial charge in [-0.25, -0.2) is 0 Å². The first-order valence-electron chi connectivity index (χ1n) is 5.30. The zero-order valence-corrected chi connectivity index (χ0v) is 9.01. The van der Waals surface area contributed by atoms with Gasteiger partial charge in [0.25, 0.3) is 0 Å². The van der Waals surface area contributed by atoms with Crippen LogP contribution in [-0.2, 0) is 0 Å². The van der Waals surface area contributed by atoms with Gasteiger partial charge in [0.05, 0.1) is 0 Å². The first kappa shape index (κ1) is 9.78. The molecule has 3 nitrogen and oxygen atoms in total. The Kier molecular flexibility index (Phi) is 1.89. The molecule has 3 heteroatoms. The third kappa shape index (κ3) is 1.29. The van der Waals surface area contributed by atoms with Gasteiger partial charge in [-0.2, -0.15) is 0 Å². The molecule has 0 aliphatic rings. The molecular weight excluding hydrogens is 214 g/mol. The molecule has 84 valence electrons. The lowest BCUT2D eigenvalue weighted by Gasteiger charge is -2.09. The van der Waals surface area contributed by atoms with Crippen LogP contribution in [0, 0.1) is 0 Å². The van der Waals surface area contributed by atoms with Crippen LogP contribution in [0.4, 0.5) is 5.69 Å². The molecule has 0 aliphatic heterocycles. The van der Waals surface area contributed by atoms with Gasteiger partial charge in [0, 0.05) is 27.2 Å². The highest BCUT2D eigenvalue weighted by atomic mass is 16.3. The first-order valence-corrected chi connectivity index (χ1v) is 5.30. The average molecular weight is 225 g/mol. The molecule has 0 heterocycles. The van der Waals surface area contributed by atoms with Crippen LogP contribution >= 0.6 is 0 Å². The van der Waals surface area contributed by atoms with Gasteiger partial charge in [-0.3, -0.25) is 0 Å². The molecule has 0 saturated heterocycles. The SMILES string of the molecule is Nc1ccc2c(O)c3ccccc3c(O)c2c1. The molecule has 0 spiro atoms. The highest BCUT2D eigenvalue weighted by Crippen LogP contribution is 2.41. The molecule has 0 amide bonds. The van der Waals surface area contributed by atoms with E-state index in [1.54, 1.807) is 30.3 Å². The van der Waals surface area contributed by atoms with Crippen molar-refractivity contribution in [3.8, 4) is 11.5 Å². The van der Waals surface area contributed by atoms with Gasteiger partial charge in [0.15, 0.2) is 0 Å². The maximum atomic E-state index is 10.2. The predicted molar refractivity (Wildman–Crippen MR) is 69.2 cm³/mol. The Hall–Kier alpha value is -2.42. The van der Waals surface area contributed by atoms with Crippen LogP contribution in [-0.4, -0.2) is 10.2 Å². The number of hydrogen-bond acceptors (Lipinski definition) is 3. The maximum Gasteiger partial charge on any atom is 0.131 e. The number of phenolic OH excluding ortho intramolecular Hbond substituents is 2. The molecule has 0 unspecified atom stereocenters. The molecule has 0 atom stereocenters. The number of rotatable bonds is 0. The van der Waals surface area contributed by atoms with Gasteiger partial charge in [-0.1, -0.05) is 24.3 Å². The van der Waals surface area contributed by atoms with E-state index < -0.39 is 0 Å². The van der Waals surface area contributed by atoms with Gasteiger partial charge in [0.1, 0.15) is 11.5 Å². The van der Waals surface area contributed by atoms with Gasteiger partial charge < -0.3 is 15.9 Å². The number of phenols is 2. The summed E-state index contributed by atoms with van der Waals surface area (Å²) in [6.45, 7) is 0. The Labute approximate surface area is 97.7 Å². The molecular formula is C14H11NO2. The third-order valence-corrected chi connectivity index (χ3v) is 2.99. The summed E-state index contributed by atoms with van der Waals surface area (Å²) in [7, 11) is 0. The van der Waals surface area contributed by atoms with Crippen molar-refractivity contribution in [1.29, 1.82) is 0 Å². The average Bonchev–Trinajstić information content (AvgIpc) is 2.36. The van der Waals surface area contributed by atoms with E-state index in [2.05, 4.69) is 0 Å². The van der Waals surface area contributed by atoms with Crippen molar-refractivity contribution in [2.24, 2.45) is 0 Å². The summed E-state index contributed by atoms with van der Waals surface area (Å²) in [6.07, 6.45) is 0. The van der Waals surface area contributed by atoms with E-state index in [4.69, 9.17) is 5.73 Å². The Bertz CT molecular complexity index is 735. The lowest BCUT2D eigenvalue weighted by atomic mass is 10.0.